The molecule has 6 nitrogen and oxygen atoms in total. The third-order valence-electron chi connectivity index (χ3n) is 4.91. The van der Waals surface area contributed by atoms with E-state index in [1.807, 2.05) is 30.3 Å². The Balaban J connectivity index is 1.76. The zero-order valence-electron chi connectivity index (χ0n) is 17.2. The van der Waals surface area contributed by atoms with Crippen molar-refractivity contribution in [1.29, 1.82) is 0 Å². The Morgan fingerprint density at radius 3 is 2.13 bits per heavy atom. The highest BCUT2D eigenvalue weighted by Crippen LogP contribution is 2.06. The second-order valence-electron chi connectivity index (χ2n) is 7.10. The Bertz CT molecular complexity index is 1110. The minimum absolute atomic E-state index is 0.0817. The molecule has 3 aromatic rings. The number of benzene rings is 2. The molecule has 0 saturated heterocycles. The summed E-state index contributed by atoms with van der Waals surface area (Å²) in [6.07, 6.45) is 4.12. The van der Waals surface area contributed by atoms with Gasteiger partial charge >= 0.3 is 0 Å². The SMILES string of the molecule is CNC(=O)c1cn(CCc2ccccc2)cc(C(=O)NCCc2ccc(F)cc2)c1=O. The first-order chi connectivity index (χ1) is 15.0. The van der Waals surface area contributed by atoms with Crippen molar-refractivity contribution in [3.05, 3.63) is 105 Å². The molecule has 160 valence electrons. The van der Waals surface area contributed by atoms with Gasteiger partial charge in [-0.25, -0.2) is 4.39 Å². The van der Waals surface area contributed by atoms with Crippen LogP contribution in [0.1, 0.15) is 31.8 Å². The van der Waals surface area contributed by atoms with Gasteiger partial charge in [0, 0.05) is 32.5 Å². The van der Waals surface area contributed by atoms with Crippen LogP contribution in [0.2, 0.25) is 0 Å². The van der Waals surface area contributed by atoms with Gasteiger partial charge in [-0.2, -0.15) is 0 Å². The number of carbonyl (C=O) groups is 2. The zero-order valence-corrected chi connectivity index (χ0v) is 17.2. The molecule has 3 rings (SSSR count). The summed E-state index contributed by atoms with van der Waals surface area (Å²) in [6.45, 7) is 0.780. The summed E-state index contributed by atoms with van der Waals surface area (Å²) in [7, 11) is 1.44. The number of nitrogens with zero attached hydrogens (tertiary/aromatic N) is 1. The summed E-state index contributed by atoms with van der Waals surface area (Å²) in [5.74, 6) is -1.42. The van der Waals surface area contributed by atoms with Crippen LogP contribution < -0.4 is 16.1 Å². The van der Waals surface area contributed by atoms with E-state index >= 15 is 0 Å². The van der Waals surface area contributed by atoms with E-state index in [2.05, 4.69) is 10.6 Å². The second kappa shape index (κ2) is 10.3. The predicted molar refractivity (Wildman–Crippen MR) is 117 cm³/mol. The van der Waals surface area contributed by atoms with Crippen LogP contribution in [0, 0.1) is 5.82 Å². The minimum atomic E-state index is -0.616. The molecule has 31 heavy (non-hydrogen) atoms. The molecule has 2 N–H and O–H groups in total. The first-order valence-electron chi connectivity index (χ1n) is 10.0. The molecule has 0 saturated carbocycles. The number of hydrogen-bond donors (Lipinski definition) is 2. The van der Waals surface area contributed by atoms with E-state index in [9.17, 15) is 18.8 Å². The Hall–Kier alpha value is -3.74. The van der Waals surface area contributed by atoms with Gasteiger partial charge < -0.3 is 15.2 Å². The molecule has 1 aromatic heterocycles. The quantitative estimate of drug-likeness (QED) is 0.587. The molecule has 1 heterocycles. The van der Waals surface area contributed by atoms with Crippen LogP contribution in [0.4, 0.5) is 4.39 Å². The van der Waals surface area contributed by atoms with Crippen LogP contribution in [0.25, 0.3) is 0 Å². The summed E-state index contributed by atoms with van der Waals surface area (Å²) in [5, 5.41) is 5.15. The standard InChI is InChI=1S/C24H24FN3O3/c1-26-23(30)20-15-28(14-12-17-5-3-2-4-6-17)16-21(22(20)29)24(31)27-13-11-18-7-9-19(25)10-8-18/h2-10,15-16H,11-14H2,1H3,(H,26,30)(H,27,31). The van der Waals surface area contributed by atoms with Crippen LogP contribution in [0.15, 0.2) is 71.8 Å². The number of hydrogen-bond acceptors (Lipinski definition) is 3. The summed E-state index contributed by atoms with van der Waals surface area (Å²) in [6, 6.07) is 15.8. The molecule has 0 aliphatic rings. The number of aryl methyl sites for hydroxylation is 2. The smallest absolute Gasteiger partial charge is 0.256 e. The molecule has 0 aliphatic heterocycles. The Labute approximate surface area is 179 Å². The summed E-state index contributed by atoms with van der Waals surface area (Å²) >= 11 is 0. The van der Waals surface area contributed by atoms with E-state index in [-0.39, 0.29) is 23.5 Å². The highest BCUT2D eigenvalue weighted by atomic mass is 19.1. The summed E-state index contributed by atoms with van der Waals surface area (Å²) < 4.78 is 14.7. The molecule has 2 aromatic carbocycles. The topological polar surface area (TPSA) is 80.2 Å². The van der Waals surface area contributed by atoms with Crippen molar-refractivity contribution in [1.82, 2.24) is 15.2 Å². The molecule has 0 atom stereocenters. The fourth-order valence-corrected chi connectivity index (χ4v) is 3.19. The van der Waals surface area contributed by atoms with Crippen LogP contribution in [0.5, 0.6) is 0 Å². The van der Waals surface area contributed by atoms with Gasteiger partial charge in [0.15, 0.2) is 0 Å². The molecule has 2 amide bonds. The van der Waals surface area contributed by atoms with Gasteiger partial charge in [0.2, 0.25) is 5.43 Å². The van der Waals surface area contributed by atoms with E-state index in [0.717, 1.165) is 11.1 Å². The van der Waals surface area contributed by atoms with Gasteiger partial charge in [-0.15, -0.1) is 0 Å². The zero-order chi connectivity index (χ0) is 22.2. The molecule has 0 unspecified atom stereocenters. The highest BCUT2D eigenvalue weighted by Gasteiger charge is 2.18. The fourth-order valence-electron chi connectivity index (χ4n) is 3.19. The lowest BCUT2D eigenvalue weighted by Crippen LogP contribution is -2.35. The van der Waals surface area contributed by atoms with Crippen LogP contribution in [-0.2, 0) is 19.4 Å². The first-order valence-corrected chi connectivity index (χ1v) is 10.0. The number of halogens is 1. The number of amides is 2. The number of aromatic nitrogens is 1. The lowest BCUT2D eigenvalue weighted by atomic mass is 10.1. The second-order valence-corrected chi connectivity index (χ2v) is 7.10. The van der Waals surface area contributed by atoms with Gasteiger partial charge in [0.05, 0.1) is 0 Å². The van der Waals surface area contributed by atoms with Gasteiger partial charge in [0.1, 0.15) is 16.9 Å². The van der Waals surface area contributed by atoms with Crippen molar-refractivity contribution in [2.75, 3.05) is 13.6 Å². The van der Waals surface area contributed by atoms with E-state index in [4.69, 9.17) is 0 Å². The van der Waals surface area contributed by atoms with Crippen molar-refractivity contribution in [3.63, 3.8) is 0 Å². The van der Waals surface area contributed by atoms with Crippen molar-refractivity contribution in [2.45, 2.75) is 19.4 Å². The van der Waals surface area contributed by atoms with Crippen LogP contribution in [-0.4, -0.2) is 30.0 Å². The number of carbonyl (C=O) groups excluding carboxylic acids is 2. The van der Waals surface area contributed by atoms with Crippen LogP contribution in [0.3, 0.4) is 0 Å². The molecular weight excluding hydrogens is 397 g/mol. The van der Waals surface area contributed by atoms with Gasteiger partial charge in [-0.05, 0) is 36.1 Å². The number of rotatable bonds is 8. The number of nitrogens with one attached hydrogen (secondary N) is 2. The average molecular weight is 421 g/mol. The van der Waals surface area contributed by atoms with Crippen molar-refractivity contribution in [2.24, 2.45) is 0 Å². The van der Waals surface area contributed by atoms with Crippen molar-refractivity contribution < 1.29 is 14.0 Å². The first kappa shape index (κ1) is 22.0. The van der Waals surface area contributed by atoms with E-state index < -0.39 is 17.2 Å². The van der Waals surface area contributed by atoms with Crippen molar-refractivity contribution >= 4 is 11.8 Å². The maximum Gasteiger partial charge on any atom is 0.256 e. The fraction of sp³-hybridized carbons (Fsp3) is 0.208. The average Bonchev–Trinajstić information content (AvgIpc) is 2.79. The number of pyridine rings is 1. The highest BCUT2D eigenvalue weighted by molar-refractivity contribution is 5.99. The maximum atomic E-state index is 13.0. The molecular formula is C24H24FN3O3. The Kier molecular flexibility index (Phi) is 7.32. The largest absolute Gasteiger partial charge is 0.355 e. The normalized spacial score (nSPS) is 10.5. The Morgan fingerprint density at radius 1 is 0.871 bits per heavy atom. The van der Waals surface area contributed by atoms with E-state index in [1.54, 1.807) is 16.7 Å². The molecule has 0 radical (unpaired) electrons. The lowest BCUT2D eigenvalue weighted by Gasteiger charge is -2.12. The van der Waals surface area contributed by atoms with Gasteiger partial charge in [-0.1, -0.05) is 42.5 Å². The molecule has 0 aliphatic carbocycles. The molecule has 0 bridgehead atoms. The van der Waals surface area contributed by atoms with E-state index in [1.165, 1.54) is 31.6 Å². The van der Waals surface area contributed by atoms with Crippen molar-refractivity contribution in [3.8, 4) is 0 Å². The third-order valence-corrected chi connectivity index (χ3v) is 4.91. The Morgan fingerprint density at radius 2 is 1.48 bits per heavy atom. The molecule has 0 spiro atoms. The van der Waals surface area contributed by atoms with Gasteiger partial charge in [0.25, 0.3) is 11.8 Å². The minimum Gasteiger partial charge on any atom is -0.355 e. The summed E-state index contributed by atoms with van der Waals surface area (Å²) in [4.78, 5) is 37.6. The summed E-state index contributed by atoms with van der Waals surface area (Å²) in [5.41, 5.74) is 1.18. The molecule has 7 heteroatoms. The van der Waals surface area contributed by atoms with Crippen LogP contribution >= 0.6 is 0 Å². The maximum absolute atomic E-state index is 13.0. The van der Waals surface area contributed by atoms with Gasteiger partial charge in [-0.3, -0.25) is 14.4 Å². The predicted octanol–water partition coefficient (Wildman–Crippen LogP) is 2.56. The lowest BCUT2D eigenvalue weighted by molar-refractivity contribution is 0.0952. The van der Waals surface area contributed by atoms with E-state index in [0.29, 0.717) is 19.4 Å². The molecule has 0 fully saturated rings. The monoisotopic (exact) mass is 421 g/mol. The third kappa shape index (κ3) is 5.88.